The van der Waals surface area contributed by atoms with Gasteiger partial charge in [-0.2, -0.15) is 0 Å². The molecule has 0 bridgehead atoms. The van der Waals surface area contributed by atoms with Gasteiger partial charge in [0.2, 0.25) is 0 Å². The Bertz CT molecular complexity index is 332. The molecular weight excluding hydrogens is 214 g/mol. The molecular formula is C8H10NaO4P. The molecule has 2 N–H and O–H groups in total. The van der Waals surface area contributed by atoms with Crippen LogP contribution in [0.4, 0.5) is 0 Å². The van der Waals surface area contributed by atoms with Gasteiger partial charge in [0.05, 0.1) is 6.26 Å². The summed E-state index contributed by atoms with van der Waals surface area (Å²) in [6, 6.07) is 9.06. The van der Waals surface area contributed by atoms with Crippen molar-refractivity contribution in [2.24, 2.45) is 0 Å². The average molecular weight is 224 g/mol. The van der Waals surface area contributed by atoms with E-state index in [-0.39, 0.29) is 29.6 Å². The Labute approximate surface area is 104 Å². The quantitative estimate of drug-likeness (QED) is 0.458. The molecule has 1 aromatic rings. The molecule has 0 atom stereocenters. The number of benzene rings is 1. The van der Waals surface area contributed by atoms with Crippen LogP contribution in [0.15, 0.2) is 36.6 Å². The van der Waals surface area contributed by atoms with Crippen LogP contribution in [0, 0.1) is 0 Å². The molecule has 1 rings (SSSR count). The fourth-order valence-electron chi connectivity index (χ4n) is 0.752. The van der Waals surface area contributed by atoms with E-state index in [0.29, 0.717) is 0 Å². The summed E-state index contributed by atoms with van der Waals surface area (Å²) in [4.78, 5) is 16.7. The SMILES string of the molecule is O=P(O)(O)OC=Cc1ccccc1.[NaH]. The van der Waals surface area contributed by atoms with Crippen LogP contribution in [0.1, 0.15) is 5.56 Å². The predicted molar refractivity (Wildman–Crippen MR) is 55.8 cm³/mol. The summed E-state index contributed by atoms with van der Waals surface area (Å²) in [5.41, 5.74) is 0.816. The fourth-order valence-corrected chi connectivity index (χ4v) is 0.972. The van der Waals surface area contributed by atoms with Gasteiger partial charge in [-0.1, -0.05) is 30.3 Å². The normalized spacial score (nSPS) is 11.0. The molecule has 6 heteroatoms. The molecule has 72 valence electrons. The number of phosphoric ester groups is 1. The van der Waals surface area contributed by atoms with Crippen molar-refractivity contribution < 1.29 is 18.9 Å². The predicted octanol–water partition coefficient (Wildman–Crippen LogP) is 1.12. The summed E-state index contributed by atoms with van der Waals surface area (Å²) < 4.78 is 14.4. The topological polar surface area (TPSA) is 66.8 Å². The van der Waals surface area contributed by atoms with Crippen LogP contribution in [0.25, 0.3) is 6.08 Å². The van der Waals surface area contributed by atoms with Crippen LogP contribution in [0.2, 0.25) is 0 Å². The third-order valence-electron chi connectivity index (χ3n) is 1.26. The van der Waals surface area contributed by atoms with E-state index in [1.165, 1.54) is 6.08 Å². The van der Waals surface area contributed by atoms with E-state index in [9.17, 15) is 4.57 Å². The summed E-state index contributed by atoms with van der Waals surface area (Å²) in [5.74, 6) is 0. The Kier molecular flexibility index (Phi) is 6.36. The van der Waals surface area contributed by atoms with Crippen molar-refractivity contribution >= 4 is 43.5 Å². The van der Waals surface area contributed by atoms with Crippen LogP contribution >= 0.6 is 7.82 Å². The first kappa shape index (κ1) is 13.9. The Morgan fingerprint density at radius 2 is 1.79 bits per heavy atom. The van der Waals surface area contributed by atoms with Gasteiger partial charge >= 0.3 is 37.4 Å². The van der Waals surface area contributed by atoms with Crippen LogP contribution < -0.4 is 0 Å². The van der Waals surface area contributed by atoms with Gasteiger partial charge in [-0.15, -0.1) is 0 Å². The Hall–Kier alpha value is -0.0900. The van der Waals surface area contributed by atoms with Crippen molar-refractivity contribution in [2.75, 3.05) is 0 Å². The van der Waals surface area contributed by atoms with E-state index in [0.717, 1.165) is 11.8 Å². The van der Waals surface area contributed by atoms with Crippen molar-refractivity contribution in [3.63, 3.8) is 0 Å². The molecule has 4 nitrogen and oxygen atoms in total. The monoisotopic (exact) mass is 224 g/mol. The molecule has 0 radical (unpaired) electrons. The Morgan fingerprint density at radius 3 is 2.29 bits per heavy atom. The summed E-state index contributed by atoms with van der Waals surface area (Å²) in [5, 5.41) is 0. The summed E-state index contributed by atoms with van der Waals surface area (Å²) >= 11 is 0. The molecule has 0 amide bonds. The first-order valence-electron chi connectivity index (χ1n) is 3.53. The number of rotatable bonds is 3. The summed E-state index contributed by atoms with van der Waals surface area (Å²) in [6.07, 6.45) is 2.45. The fraction of sp³-hybridized carbons (Fsp3) is 0. The molecule has 0 saturated carbocycles. The molecule has 0 aliphatic heterocycles. The minimum atomic E-state index is -4.39. The molecule has 0 aliphatic rings. The molecule has 0 unspecified atom stereocenters. The molecule has 0 spiro atoms. The average Bonchev–Trinajstić information content (AvgIpc) is 2.04. The minimum absolute atomic E-state index is 0. The van der Waals surface area contributed by atoms with Gasteiger partial charge in [0.1, 0.15) is 0 Å². The van der Waals surface area contributed by atoms with Crippen molar-refractivity contribution in [3.8, 4) is 0 Å². The van der Waals surface area contributed by atoms with Crippen LogP contribution in [0.3, 0.4) is 0 Å². The Balaban J connectivity index is 0.00000169. The summed E-state index contributed by atoms with van der Waals surface area (Å²) in [7, 11) is -4.39. The molecule has 0 aromatic heterocycles. The van der Waals surface area contributed by atoms with E-state index in [1.807, 2.05) is 18.2 Å². The zero-order chi connectivity index (χ0) is 9.73. The molecule has 0 saturated heterocycles. The van der Waals surface area contributed by atoms with Crippen molar-refractivity contribution in [2.45, 2.75) is 0 Å². The molecule has 14 heavy (non-hydrogen) atoms. The first-order valence-corrected chi connectivity index (χ1v) is 5.06. The van der Waals surface area contributed by atoms with Gasteiger partial charge in [-0.05, 0) is 11.6 Å². The maximum absolute atomic E-state index is 10.2. The molecule has 0 fully saturated rings. The molecule has 1 aromatic carbocycles. The number of hydrogen-bond donors (Lipinski definition) is 2. The third-order valence-corrected chi connectivity index (χ3v) is 1.65. The molecule has 0 aliphatic carbocycles. The number of hydrogen-bond acceptors (Lipinski definition) is 2. The van der Waals surface area contributed by atoms with Crippen molar-refractivity contribution in [1.82, 2.24) is 0 Å². The zero-order valence-electron chi connectivity index (χ0n) is 6.70. The van der Waals surface area contributed by atoms with Crippen LogP contribution in [0.5, 0.6) is 0 Å². The van der Waals surface area contributed by atoms with Crippen LogP contribution in [-0.2, 0) is 9.09 Å². The van der Waals surface area contributed by atoms with Crippen LogP contribution in [-0.4, -0.2) is 39.3 Å². The van der Waals surface area contributed by atoms with Gasteiger partial charge in [0.15, 0.2) is 0 Å². The van der Waals surface area contributed by atoms with Gasteiger partial charge in [0.25, 0.3) is 0 Å². The zero-order valence-corrected chi connectivity index (χ0v) is 7.59. The molecule has 0 heterocycles. The van der Waals surface area contributed by atoms with Gasteiger partial charge in [0, 0.05) is 0 Å². The van der Waals surface area contributed by atoms with Crippen molar-refractivity contribution in [1.29, 1.82) is 0 Å². The van der Waals surface area contributed by atoms with Gasteiger partial charge in [-0.3, -0.25) is 9.79 Å². The van der Waals surface area contributed by atoms with Gasteiger partial charge in [-0.25, -0.2) is 4.57 Å². The second-order valence-electron chi connectivity index (χ2n) is 2.31. The number of phosphoric acid groups is 1. The maximum atomic E-state index is 10.2. The standard InChI is InChI=1S/C8H9O4P.Na.H/c9-13(10,11)12-7-6-8-4-2-1-3-5-8;;/h1-7H,(H2,9,10,11);;. The van der Waals surface area contributed by atoms with Gasteiger partial charge < -0.3 is 4.52 Å². The second-order valence-corrected chi connectivity index (χ2v) is 3.50. The third kappa shape index (κ3) is 6.38. The van der Waals surface area contributed by atoms with E-state index in [1.54, 1.807) is 12.1 Å². The second kappa shape index (κ2) is 6.40. The van der Waals surface area contributed by atoms with E-state index < -0.39 is 7.82 Å². The van der Waals surface area contributed by atoms with E-state index in [2.05, 4.69) is 4.52 Å². The first-order chi connectivity index (χ1) is 6.08. The van der Waals surface area contributed by atoms with Crippen molar-refractivity contribution in [3.05, 3.63) is 42.2 Å². The summed E-state index contributed by atoms with van der Waals surface area (Å²) in [6.45, 7) is 0. The van der Waals surface area contributed by atoms with E-state index >= 15 is 0 Å². The Morgan fingerprint density at radius 1 is 1.21 bits per heavy atom. The van der Waals surface area contributed by atoms with E-state index in [4.69, 9.17) is 9.79 Å².